The molecule has 0 saturated carbocycles. The summed E-state index contributed by atoms with van der Waals surface area (Å²) in [4.78, 5) is 25.2. The molecular formula is C20H16N2O2S. The number of hydrazone groups is 1. The highest BCUT2D eigenvalue weighted by Crippen LogP contribution is 2.71. The molecule has 3 atom stereocenters. The largest absolute Gasteiger partial charge is 0.300 e. The van der Waals surface area contributed by atoms with E-state index in [1.165, 1.54) is 0 Å². The highest BCUT2D eigenvalue weighted by molar-refractivity contribution is 8.02. The Morgan fingerprint density at radius 3 is 2.64 bits per heavy atom. The van der Waals surface area contributed by atoms with Crippen molar-refractivity contribution in [2.24, 2.45) is 11.0 Å². The van der Waals surface area contributed by atoms with Crippen molar-refractivity contribution in [3.8, 4) is 0 Å². The first-order valence-corrected chi connectivity index (χ1v) is 9.15. The summed E-state index contributed by atoms with van der Waals surface area (Å²) in [6.07, 6.45) is 2.26. The quantitative estimate of drug-likeness (QED) is 0.837. The molecule has 2 aromatic carbocycles. The second-order valence-corrected chi connectivity index (χ2v) is 8.33. The van der Waals surface area contributed by atoms with Crippen molar-refractivity contribution in [3.05, 3.63) is 71.3 Å². The Morgan fingerprint density at radius 1 is 1.16 bits per heavy atom. The third-order valence-electron chi connectivity index (χ3n) is 5.54. The average molecular weight is 348 g/mol. The molecule has 0 aliphatic carbocycles. The van der Waals surface area contributed by atoms with E-state index in [1.54, 1.807) is 29.9 Å². The van der Waals surface area contributed by atoms with Crippen LogP contribution < -0.4 is 0 Å². The number of hydrogen-bond acceptors (Lipinski definition) is 4. The maximum Gasteiger partial charge on any atom is 0.265 e. The second kappa shape index (κ2) is 4.82. The van der Waals surface area contributed by atoms with Crippen LogP contribution in [0, 0.1) is 5.92 Å². The zero-order chi connectivity index (χ0) is 17.2. The molecule has 124 valence electrons. The third-order valence-corrected chi connectivity index (χ3v) is 7.45. The van der Waals surface area contributed by atoms with Crippen LogP contribution in [0.15, 0.2) is 59.7 Å². The van der Waals surface area contributed by atoms with Crippen LogP contribution in [0.5, 0.6) is 0 Å². The van der Waals surface area contributed by atoms with Gasteiger partial charge in [-0.25, -0.2) is 5.01 Å². The zero-order valence-corrected chi connectivity index (χ0v) is 14.5. The van der Waals surface area contributed by atoms with Crippen LogP contribution in [0.3, 0.4) is 0 Å². The highest BCUT2D eigenvalue weighted by atomic mass is 32.2. The Bertz CT molecular complexity index is 942. The van der Waals surface area contributed by atoms with Gasteiger partial charge in [0.1, 0.15) is 15.4 Å². The van der Waals surface area contributed by atoms with Crippen molar-refractivity contribution >= 4 is 29.7 Å². The first-order valence-electron chi connectivity index (χ1n) is 8.34. The number of carbonyl (C=O) groups is 2. The SMILES string of the molecule is CC(=O)C1CC2(c3ccccc3)SC13c1ccccc1C=NN3C2=O. The number of fused-ring (bicyclic) bond motifs is 2. The monoisotopic (exact) mass is 348 g/mol. The van der Waals surface area contributed by atoms with Gasteiger partial charge in [-0.1, -0.05) is 54.6 Å². The summed E-state index contributed by atoms with van der Waals surface area (Å²) in [5, 5.41) is 6.05. The summed E-state index contributed by atoms with van der Waals surface area (Å²) in [7, 11) is 0. The first kappa shape index (κ1) is 14.9. The minimum absolute atomic E-state index is 0.0213. The van der Waals surface area contributed by atoms with Crippen molar-refractivity contribution in [3.63, 3.8) is 0 Å². The Morgan fingerprint density at radius 2 is 1.88 bits per heavy atom. The molecule has 1 amide bonds. The molecule has 2 aromatic rings. The summed E-state index contributed by atoms with van der Waals surface area (Å²) in [6, 6.07) is 17.7. The summed E-state index contributed by atoms with van der Waals surface area (Å²) < 4.78 is -0.744. The van der Waals surface area contributed by atoms with E-state index in [4.69, 9.17) is 0 Å². The summed E-state index contributed by atoms with van der Waals surface area (Å²) in [6.45, 7) is 1.63. The van der Waals surface area contributed by atoms with Crippen molar-refractivity contribution < 1.29 is 9.59 Å². The number of carbonyl (C=O) groups excluding carboxylic acids is 2. The Labute approximate surface area is 149 Å². The van der Waals surface area contributed by atoms with E-state index in [2.05, 4.69) is 5.10 Å². The molecule has 3 heterocycles. The molecule has 2 saturated heterocycles. The van der Waals surface area contributed by atoms with Gasteiger partial charge in [-0.3, -0.25) is 9.59 Å². The van der Waals surface area contributed by atoms with E-state index in [9.17, 15) is 9.59 Å². The van der Waals surface area contributed by atoms with Gasteiger partial charge < -0.3 is 0 Å². The molecule has 3 aliphatic rings. The molecule has 25 heavy (non-hydrogen) atoms. The number of Topliss-reactive ketones (excluding diaryl/α,β-unsaturated/α-hetero) is 1. The van der Waals surface area contributed by atoms with Gasteiger partial charge in [0.25, 0.3) is 5.91 Å². The Balaban J connectivity index is 1.79. The fourth-order valence-electron chi connectivity index (χ4n) is 4.43. The van der Waals surface area contributed by atoms with Crippen LogP contribution in [0.1, 0.15) is 30.0 Å². The molecular weight excluding hydrogens is 332 g/mol. The molecule has 2 bridgehead atoms. The molecule has 3 unspecified atom stereocenters. The number of benzene rings is 2. The lowest BCUT2D eigenvalue weighted by molar-refractivity contribution is -0.144. The molecule has 0 radical (unpaired) electrons. The molecule has 4 nitrogen and oxygen atoms in total. The molecule has 5 rings (SSSR count). The standard InChI is InChI=1S/C20H16N2O2S/c1-13(23)17-11-19(15-8-3-2-4-9-15)18(24)22-20(17,25-19)16-10-6-5-7-14(16)12-21-22/h2-10,12,17H,11H2,1H3. The van der Waals surface area contributed by atoms with Gasteiger partial charge in [0.05, 0.1) is 12.1 Å². The van der Waals surface area contributed by atoms with E-state index < -0.39 is 9.62 Å². The molecule has 1 spiro atoms. The summed E-state index contributed by atoms with van der Waals surface area (Å²) in [5.41, 5.74) is 2.95. The molecule has 2 fully saturated rings. The lowest BCUT2D eigenvalue weighted by atomic mass is 9.75. The maximum atomic E-state index is 13.4. The molecule has 5 heteroatoms. The lowest BCUT2D eigenvalue weighted by Crippen LogP contribution is -2.53. The third kappa shape index (κ3) is 1.66. The maximum absolute atomic E-state index is 13.4. The molecule has 3 aliphatic heterocycles. The fourth-order valence-corrected chi connectivity index (χ4v) is 6.54. The highest BCUT2D eigenvalue weighted by Gasteiger charge is 2.73. The van der Waals surface area contributed by atoms with Crippen LogP contribution in [0.2, 0.25) is 0 Å². The van der Waals surface area contributed by atoms with Gasteiger partial charge in [-0.2, -0.15) is 5.10 Å². The smallest absolute Gasteiger partial charge is 0.265 e. The number of amides is 1. The van der Waals surface area contributed by atoms with Crippen LogP contribution in [-0.4, -0.2) is 22.9 Å². The zero-order valence-electron chi connectivity index (χ0n) is 13.7. The lowest BCUT2D eigenvalue weighted by Gasteiger charge is -2.42. The summed E-state index contributed by atoms with van der Waals surface area (Å²) >= 11 is 1.59. The molecule has 0 N–H and O–H groups in total. The van der Waals surface area contributed by atoms with E-state index in [1.807, 2.05) is 54.6 Å². The van der Waals surface area contributed by atoms with Crippen molar-refractivity contribution in [1.29, 1.82) is 0 Å². The number of rotatable bonds is 2. The number of ketones is 1. The normalized spacial score (nSPS) is 31.8. The van der Waals surface area contributed by atoms with E-state index in [-0.39, 0.29) is 17.6 Å². The van der Waals surface area contributed by atoms with Crippen LogP contribution in [-0.2, 0) is 19.2 Å². The number of piperidine rings is 1. The van der Waals surface area contributed by atoms with Crippen LogP contribution in [0.25, 0.3) is 0 Å². The van der Waals surface area contributed by atoms with Gasteiger partial charge in [0.15, 0.2) is 0 Å². The van der Waals surface area contributed by atoms with Crippen molar-refractivity contribution in [1.82, 2.24) is 5.01 Å². The predicted octanol–water partition coefficient (Wildman–Crippen LogP) is 3.27. The van der Waals surface area contributed by atoms with Gasteiger partial charge in [0, 0.05) is 5.56 Å². The summed E-state index contributed by atoms with van der Waals surface area (Å²) in [5.74, 6) is -0.185. The van der Waals surface area contributed by atoms with Gasteiger partial charge in [-0.15, -0.1) is 11.8 Å². The Kier molecular flexibility index (Phi) is 2.87. The van der Waals surface area contributed by atoms with Crippen molar-refractivity contribution in [2.75, 3.05) is 0 Å². The van der Waals surface area contributed by atoms with Crippen molar-refractivity contribution in [2.45, 2.75) is 23.0 Å². The van der Waals surface area contributed by atoms with E-state index in [0.29, 0.717) is 6.42 Å². The fraction of sp³-hybridized carbons (Fsp3) is 0.250. The van der Waals surface area contributed by atoms with Gasteiger partial charge in [0.2, 0.25) is 0 Å². The van der Waals surface area contributed by atoms with Gasteiger partial charge in [-0.05, 0) is 24.5 Å². The minimum atomic E-state index is -0.744. The molecule has 0 aromatic heterocycles. The van der Waals surface area contributed by atoms with Gasteiger partial charge >= 0.3 is 0 Å². The average Bonchev–Trinajstić information content (AvgIpc) is 3.13. The number of thioether (sulfide) groups is 1. The predicted molar refractivity (Wildman–Crippen MR) is 97.1 cm³/mol. The van der Waals surface area contributed by atoms with E-state index >= 15 is 0 Å². The number of hydrogen-bond donors (Lipinski definition) is 0. The number of nitrogens with zero attached hydrogens (tertiary/aromatic N) is 2. The first-order chi connectivity index (χ1) is 12.1. The minimum Gasteiger partial charge on any atom is -0.300 e. The second-order valence-electron chi connectivity index (χ2n) is 6.81. The van der Waals surface area contributed by atoms with Crippen LogP contribution in [0.4, 0.5) is 0 Å². The van der Waals surface area contributed by atoms with E-state index in [0.717, 1.165) is 16.7 Å². The van der Waals surface area contributed by atoms with Crippen LogP contribution >= 0.6 is 11.8 Å². The topological polar surface area (TPSA) is 49.7 Å². The Hall–Kier alpha value is -2.40.